The molecule has 2 N–H and O–H groups in total. The maximum absolute atomic E-state index is 5.58. The van der Waals surface area contributed by atoms with Gasteiger partial charge in [-0.15, -0.1) is 0 Å². The standard InChI is InChI=1S/C15H19N3/c1-11-5-3-4-6-13(11)10-15-17-12(2)9-14(18-15)7-8-16/h3-6,9H,7-8,10,16H2,1-2H3. The number of benzene rings is 1. The fourth-order valence-corrected chi connectivity index (χ4v) is 2.03. The molecular weight excluding hydrogens is 222 g/mol. The molecule has 0 bridgehead atoms. The summed E-state index contributed by atoms with van der Waals surface area (Å²) in [6.07, 6.45) is 1.59. The number of hydrogen-bond donors (Lipinski definition) is 1. The van der Waals surface area contributed by atoms with E-state index in [4.69, 9.17) is 5.73 Å². The summed E-state index contributed by atoms with van der Waals surface area (Å²) >= 11 is 0. The lowest BCUT2D eigenvalue weighted by Gasteiger charge is -2.07. The number of aromatic nitrogens is 2. The van der Waals surface area contributed by atoms with Gasteiger partial charge in [0.05, 0.1) is 0 Å². The van der Waals surface area contributed by atoms with Crippen LogP contribution in [0.5, 0.6) is 0 Å². The molecule has 3 heteroatoms. The van der Waals surface area contributed by atoms with Gasteiger partial charge in [-0.25, -0.2) is 9.97 Å². The summed E-state index contributed by atoms with van der Waals surface area (Å²) in [7, 11) is 0. The Bertz CT molecular complexity index is 535. The summed E-state index contributed by atoms with van der Waals surface area (Å²) in [6, 6.07) is 10.4. The van der Waals surface area contributed by atoms with Crippen molar-refractivity contribution in [3.05, 3.63) is 58.7 Å². The van der Waals surface area contributed by atoms with Gasteiger partial charge in [0, 0.05) is 24.2 Å². The van der Waals surface area contributed by atoms with Gasteiger partial charge in [-0.2, -0.15) is 0 Å². The van der Waals surface area contributed by atoms with Crippen molar-refractivity contribution >= 4 is 0 Å². The molecule has 2 aromatic rings. The zero-order chi connectivity index (χ0) is 13.0. The Balaban J connectivity index is 2.26. The third kappa shape index (κ3) is 3.14. The average Bonchev–Trinajstić information content (AvgIpc) is 2.32. The number of nitrogens with two attached hydrogens (primary N) is 1. The lowest BCUT2D eigenvalue weighted by Crippen LogP contribution is -2.08. The molecule has 0 atom stereocenters. The normalized spacial score (nSPS) is 10.6. The Morgan fingerprint density at radius 2 is 1.89 bits per heavy atom. The summed E-state index contributed by atoms with van der Waals surface area (Å²) in [4.78, 5) is 9.07. The highest BCUT2D eigenvalue weighted by molar-refractivity contribution is 5.28. The molecule has 1 heterocycles. The minimum Gasteiger partial charge on any atom is -0.330 e. The van der Waals surface area contributed by atoms with Crippen LogP contribution in [0.1, 0.15) is 28.3 Å². The molecule has 3 nitrogen and oxygen atoms in total. The second kappa shape index (κ2) is 5.74. The molecule has 1 aromatic carbocycles. The van der Waals surface area contributed by atoms with Crippen LogP contribution in [-0.4, -0.2) is 16.5 Å². The van der Waals surface area contributed by atoms with Crippen LogP contribution in [0.25, 0.3) is 0 Å². The summed E-state index contributed by atoms with van der Waals surface area (Å²) in [5.74, 6) is 0.882. The fourth-order valence-electron chi connectivity index (χ4n) is 2.03. The first kappa shape index (κ1) is 12.7. The third-order valence-electron chi connectivity index (χ3n) is 2.96. The average molecular weight is 241 g/mol. The summed E-state index contributed by atoms with van der Waals surface area (Å²) in [5.41, 5.74) is 10.2. The van der Waals surface area contributed by atoms with E-state index in [1.807, 2.05) is 13.0 Å². The van der Waals surface area contributed by atoms with E-state index >= 15 is 0 Å². The molecule has 0 radical (unpaired) electrons. The second-order valence-corrected chi connectivity index (χ2v) is 4.56. The van der Waals surface area contributed by atoms with E-state index in [2.05, 4.69) is 41.2 Å². The van der Waals surface area contributed by atoms with E-state index in [0.29, 0.717) is 6.54 Å². The molecule has 0 aliphatic heterocycles. The number of hydrogen-bond acceptors (Lipinski definition) is 3. The van der Waals surface area contributed by atoms with Crippen molar-refractivity contribution in [2.24, 2.45) is 5.73 Å². The van der Waals surface area contributed by atoms with Crippen molar-refractivity contribution < 1.29 is 0 Å². The first-order valence-electron chi connectivity index (χ1n) is 6.27. The van der Waals surface area contributed by atoms with E-state index in [9.17, 15) is 0 Å². The van der Waals surface area contributed by atoms with E-state index in [1.54, 1.807) is 0 Å². The first-order valence-corrected chi connectivity index (χ1v) is 6.27. The molecule has 0 aliphatic rings. The predicted octanol–water partition coefficient (Wildman–Crippen LogP) is 2.19. The lowest BCUT2D eigenvalue weighted by molar-refractivity contribution is 0.851. The molecule has 18 heavy (non-hydrogen) atoms. The fraction of sp³-hybridized carbons (Fsp3) is 0.333. The van der Waals surface area contributed by atoms with Crippen molar-refractivity contribution in [1.29, 1.82) is 0 Å². The van der Waals surface area contributed by atoms with E-state index < -0.39 is 0 Å². The van der Waals surface area contributed by atoms with Crippen molar-refractivity contribution in [1.82, 2.24) is 9.97 Å². The Morgan fingerprint density at radius 1 is 1.11 bits per heavy atom. The number of nitrogens with zero attached hydrogens (tertiary/aromatic N) is 2. The van der Waals surface area contributed by atoms with E-state index in [0.717, 1.165) is 30.1 Å². The van der Waals surface area contributed by atoms with Gasteiger partial charge in [0.15, 0.2) is 0 Å². The van der Waals surface area contributed by atoms with Gasteiger partial charge in [0.25, 0.3) is 0 Å². The lowest BCUT2D eigenvalue weighted by atomic mass is 10.1. The van der Waals surface area contributed by atoms with Crippen molar-refractivity contribution in [2.75, 3.05) is 6.54 Å². The highest BCUT2D eigenvalue weighted by Crippen LogP contribution is 2.12. The quantitative estimate of drug-likeness (QED) is 0.892. The summed E-state index contributed by atoms with van der Waals surface area (Å²) in [6.45, 7) is 4.75. The molecule has 0 saturated heterocycles. The highest BCUT2D eigenvalue weighted by Gasteiger charge is 2.05. The van der Waals surface area contributed by atoms with Crippen LogP contribution < -0.4 is 5.73 Å². The van der Waals surface area contributed by atoms with Crippen LogP contribution >= 0.6 is 0 Å². The molecule has 2 rings (SSSR count). The van der Waals surface area contributed by atoms with Gasteiger partial charge in [0.2, 0.25) is 0 Å². The first-order chi connectivity index (χ1) is 8.69. The zero-order valence-corrected chi connectivity index (χ0v) is 11.0. The molecule has 0 unspecified atom stereocenters. The summed E-state index contributed by atoms with van der Waals surface area (Å²) < 4.78 is 0. The van der Waals surface area contributed by atoms with Crippen LogP contribution in [0, 0.1) is 13.8 Å². The van der Waals surface area contributed by atoms with Crippen LogP contribution in [0.2, 0.25) is 0 Å². The van der Waals surface area contributed by atoms with E-state index in [-0.39, 0.29) is 0 Å². The zero-order valence-electron chi connectivity index (χ0n) is 11.0. The molecule has 0 amide bonds. The van der Waals surface area contributed by atoms with Gasteiger partial charge >= 0.3 is 0 Å². The third-order valence-corrected chi connectivity index (χ3v) is 2.96. The SMILES string of the molecule is Cc1cc(CCN)nc(Cc2ccccc2C)n1. The number of rotatable bonds is 4. The van der Waals surface area contributed by atoms with Crippen LogP contribution in [0.4, 0.5) is 0 Å². The predicted molar refractivity (Wildman–Crippen MR) is 73.5 cm³/mol. The molecule has 0 aliphatic carbocycles. The maximum Gasteiger partial charge on any atom is 0.133 e. The summed E-state index contributed by atoms with van der Waals surface area (Å²) in [5, 5.41) is 0. The topological polar surface area (TPSA) is 51.8 Å². The largest absolute Gasteiger partial charge is 0.330 e. The number of aryl methyl sites for hydroxylation is 2. The van der Waals surface area contributed by atoms with Crippen LogP contribution in [0.15, 0.2) is 30.3 Å². The van der Waals surface area contributed by atoms with Gasteiger partial charge in [-0.3, -0.25) is 0 Å². The van der Waals surface area contributed by atoms with Gasteiger partial charge in [-0.1, -0.05) is 24.3 Å². The van der Waals surface area contributed by atoms with Gasteiger partial charge in [-0.05, 0) is 37.6 Å². The monoisotopic (exact) mass is 241 g/mol. The van der Waals surface area contributed by atoms with E-state index in [1.165, 1.54) is 11.1 Å². The minimum absolute atomic E-state index is 0.625. The van der Waals surface area contributed by atoms with Crippen molar-refractivity contribution in [3.63, 3.8) is 0 Å². The second-order valence-electron chi connectivity index (χ2n) is 4.56. The maximum atomic E-state index is 5.58. The molecule has 0 spiro atoms. The molecule has 0 saturated carbocycles. The minimum atomic E-state index is 0.625. The molecule has 94 valence electrons. The van der Waals surface area contributed by atoms with Gasteiger partial charge < -0.3 is 5.73 Å². The van der Waals surface area contributed by atoms with Crippen molar-refractivity contribution in [2.45, 2.75) is 26.7 Å². The van der Waals surface area contributed by atoms with Crippen LogP contribution in [-0.2, 0) is 12.8 Å². The Kier molecular flexibility index (Phi) is 4.05. The Hall–Kier alpha value is -1.74. The van der Waals surface area contributed by atoms with Gasteiger partial charge in [0.1, 0.15) is 5.82 Å². The highest BCUT2D eigenvalue weighted by atomic mass is 14.9. The Labute approximate surface area is 108 Å². The smallest absolute Gasteiger partial charge is 0.133 e. The molecule has 0 fully saturated rings. The molecule has 1 aromatic heterocycles. The van der Waals surface area contributed by atoms with Crippen LogP contribution in [0.3, 0.4) is 0 Å². The molecular formula is C15H19N3. The van der Waals surface area contributed by atoms with Crippen molar-refractivity contribution in [3.8, 4) is 0 Å². The Morgan fingerprint density at radius 3 is 2.61 bits per heavy atom.